The monoisotopic (exact) mass is 228 g/mol. The van der Waals surface area contributed by atoms with Gasteiger partial charge in [-0.25, -0.2) is 0 Å². The molecule has 0 saturated heterocycles. The minimum atomic E-state index is 0.249. The molecule has 0 aliphatic heterocycles. The van der Waals surface area contributed by atoms with E-state index < -0.39 is 0 Å². The zero-order valence-corrected chi connectivity index (χ0v) is 10.8. The normalized spacial score (nSPS) is 31.6. The van der Waals surface area contributed by atoms with E-state index in [4.69, 9.17) is 4.42 Å². The molecule has 0 bridgehead atoms. The number of hydrogen-bond donors (Lipinski definition) is 0. The van der Waals surface area contributed by atoms with Gasteiger partial charge in [-0.05, 0) is 55.6 Å². The second kappa shape index (κ2) is 3.38. The van der Waals surface area contributed by atoms with Crippen LogP contribution in [0.1, 0.15) is 37.3 Å². The van der Waals surface area contributed by atoms with Gasteiger partial charge in [0.2, 0.25) is 0 Å². The van der Waals surface area contributed by atoms with Gasteiger partial charge in [-0.1, -0.05) is 25.7 Å². The molecular formula is C16H20O. The molecule has 0 N–H and O–H groups in total. The Bertz CT molecular complexity index is 590. The van der Waals surface area contributed by atoms with Crippen LogP contribution in [0.15, 0.2) is 16.6 Å². The minimum absolute atomic E-state index is 0.249. The summed E-state index contributed by atoms with van der Waals surface area (Å²) >= 11 is 0. The van der Waals surface area contributed by atoms with E-state index in [1.54, 1.807) is 0 Å². The first kappa shape index (κ1) is 10.9. The fourth-order valence-corrected chi connectivity index (χ4v) is 3.56. The Balaban J connectivity index is 2.21. The maximum Gasteiger partial charge on any atom is 0.127 e. The Labute approximate surface area is 103 Å². The van der Waals surface area contributed by atoms with Crippen LogP contribution in [0.4, 0.5) is 0 Å². The molecule has 1 saturated carbocycles. The van der Waals surface area contributed by atoms with Crippen molar-refractivity contribution in [2.45, 2.75) is 39.5 Å². The highest BCUT2D eigenvalue weighted by Gasteiger charge is 2.40. The number of hydrogen-bond acceptors (Lipinski definition) is 1. The first-order chi connectivity index (χ1) is 8.01. The van der Waals surface area contributed by atoms with Gasteiger partial charge in [0.1, 0.15) is 10.8 Å². The van der Waals surface area contributed by atoms with Gasteiger partial charge in [0, 0.05) is 5.56 Å². The zero-order valence-electron chi connectivity index (χ0n) is 10.8. The fraction of sp³-hybridized carbons (Fsp3) is 0.500. The molecule has 2 aliphatic rings. The van der Waals surface area contributed by atoms with Gasteiger partial charge in [0.05, 0.1) is 0 Å². The van der Waals surface area contributed by atoms with Crippen LogP contribution in [0.2, 0.25) is 0 Å². The molecule has 1 heterocycles. The van der Waals surface area contributed by atoms with Crippen molar-refractivity contribution < 1.29 is 4.42 Å². The Morgan fingerprint density at radius 3 is 2.94 bits per heavy atom. The number of rotatable bonds is 0. The predicted octanol–water partition coefficient (Wildman–Crippen LogP) is 2.70. The van der Waals surface area contributed by atoms with Gasteiger partial charge in [0.15, 0.2) is 0 Å². The van der Waals surface area contributed by atoms with Gasteiger partial charge in [-0.2, -0.15) is 0 Å². The van der Waals surface area contributed by atoms with Crippen molar-refractivity contribution >= 4 is 12.7 Å². The summed E-state index contributed by atoms with van der Waals surface area (Å²) in [4.78, 5) is 0. The average molecular weight is 228 g/mol. The highest BCUT2D eigenvalue weighted by Crippen LogP contribution is 2.47. The van der Waals surface area contributed by atoms with Crippen molar-refractivity contribution in [2.75, 3.05) is 0 Å². The summed E-state index contributed by atoms with van der Waals surface area (Å²) in [6, 6.07) is 0. The summed E-state index contributed by atoms with van der Waals surface area (Å²) in [6.07, 6.45) is 7.13. The van der Waals surface area contributed by atoms with Crippen LogP contribution < -0.4 is 10.8 Å². The predicted molar refractivity (Wildman–Crippen MR) is 71.0 cm³/mol. The molecule has 2 aliphatic carbocycles. The highest BCUT2D eigenvalue weighted by atomic mass is 16.3. The molecular weight excluding hydrogens is 208 g/mol. The first-order valence-electron chi connectivity index (χ1n) is 6.49. The average Bonchev–Trinajstić information content (AvgIpc) is 2.52. The number of allylic oxidation sites excluding steroid dienone is 1. The lowest BCUT2D eigenvalue weighted by Gasteiger charge is -2.42. The van der Waals surface area contributed by atoms with Crippen LogP contribution in [-0.2, 0) is 6.42 Å². The Morgan fingerprint density at radius 2 is 2.18 bits per heavy atom. The molecule has 1 aromatic rings. The maximum absolute atomic E-state index is 5.79. The molecule has 1 unspecified atom stereocenters. The molecule has 0 spiro atoms. The second-order valence-corrected chi connectivity index (χ2v) is 5.91. The van der Waals surface area contributed by atoms with Crippen molar-refractivity contribution in [2.24, 2.45) is 11.3 Å². The summed E-state index contributed by atoms with van der Waals surface area (Å²) in [5, 5.41) is 0. The lowest BCUT2D eigenvalue weighted by molar-refractivity contribution is 0.237. The SMILES string of the molecule is C=C1CCCC2(C)C=c3oc(=C)c(C)c3C[C@@H]12. The fourth-order valence-electron chi connectivity index (χ4n) is 3.56. The summed E-state index contributed by atoms with van der Waals surface area (Å²) in [5.41, 5.74) is 6.17. The molecule has 0 aromatic carbocycles. The second-order valence-electron chi connectivity index (χ2n) is 5.91. The third kappa shape index (κ3) is 1.45. The van der Waals surface area contributed by atoms with Gasteiger partial charge in [-0.15, -0.1) is 0 Å². The zero-order chi connectivity index (χ0) is 12.2. The van der Waals surface area contributed by atoms with Crippen LogP contribution in [0.5, 0.6) is 0 Å². The van der Waals surface area contributed by atoms with Gasteiger partial charge < -0.3 is 4.42 Å². The molecule has 90 valence electrons. The van der Waals surface area contributed by atoms with E-state index in [1.807, 2.05) is 0 Å². The van der Waals surface area contributed by atoms with E-state index in [-0.39, 0.29) is 5.41 Å². The van der Waals surface area contributed by atoms with E-state index in [9.17, 15) is 0 Å². The Hall–Kier alpha value is -1.24. The van der Waals surface area contributed by atoms with Crippen molar-refractivity contribution in [1.29, 1.82) is 0 Å². The summed E-state index contributed by atoms with van der Waals surface area (Å²) < 4.78 is 5.79. The lowest BCUT2D eigenvalue weighted by atomic mass is 9.61. The van der Waals surface area contributed by atoms with E-state index >= 15 is 0 Å². The van der Waals surface area contributed by atoms with Crippen molar-refractivity contribution in [1.82, 2.24) is 0 Å². The summed E-state index contributed by atoms with van der Waals surface area (Å²) in [5.74, 6) is 0.597. The largest absolute Gasteiger partial charge is 0.458 e. The standard InChI is InChI=1S/C16H20O/c1-10-6-5-7-16(4)9-15-13(8-14(10)16)11(2)12(3)17-15/h9,14H,1,3,5-8H2,2,4H3/t14-,16?/m0/s1. The number of furan rings is 1. The van der Waals surface area contributed by atoms with Gasteiger partial charge in [-0.3, -0.25) is 0 Å². The first-order valence-corrected chi connectivity index (χ1v) is 6.49. The lowest BCUT2D eigenvalue weighted by Crippen LogP contribution is -2.38. The molecule has 17 heavy (non-hydrogen) atoms. The molecule has 1 aromatic heterocycles. The molecule has 1 fully saturated rings. The Morgan fingerprint density at radius 1 is 1.41 bits per heavy atom. The van der Waals surface area contributed by atoms with Crippen LogP contribution in [0.3, 0.4) is 0 Å². The van der Waals surface area contributed by atoms with E-state index in [1.165, 1.54) is 36.0 Å². The third-order valence-electron chi connectivity index (χ3n) is 4.77. The Kier molecular flexibility index (Phi) is 2.16. The van der Waals surface area contributed by atoms with Crippen molar-refractivity contribution in [3.05, 3.63) is 34.1 Å². The molecule has 3 rings (SSSR count). The van der Waals surface area contributed by atoms with Gasteiger partial charge >= 0.3 is 0 Å². The molecule has 1 heteroatoms. The van der Waals surface area contributed by atoms with E-state index in [0.717, 1.165) is 17.3 Å². The molecule has 0 amide bonds. The minimum Gasteiger partial charge on any atom is -0.458 e. The van der Waals surface area contributed by atoms with Crippen molar-refractivity contribution in [3.63, 3.8) is 0 Å². The van der Waals surface area contributed by atoms with Crippen LogP contribution in [0, 0.1) is 18.3 Å². The van der Waals surface area contributed by atoms with E-state index in [0.29, 0.717) is 5.92 Å². The molecule has 2 atom stereocenters. The molecule has 1 nitrogen and oxygen atoms in total. The highest BCUT2D eigenvalue weighted by molar-refractivity contribution is 5.43. The third-order valence-corrected chi connectivity index (χ3v) is 4.77. The topological polar surface area (TPSA) is 13.1 Å². The summed E-state index contributed by atoms with van der Waals surface area (Å²) in [7, 11) is 0. The quantitative estimate of drug-likeness (QED) is 0.622. The maximum atomic E-state index is 5.79. The van der Waals surface area contributed by atoms with Crippen LogP contribution in [-0.4, -0.2) is 0 Å². The van der Waals surface area contributed by atoms with Crippen LogP contribution >= 0.6 is 0 Å². The van der Waals surface area contributed by atoms with E-state index in [2.05, 4.69) is 33.1 Å². The molecule has 0 radical (unpaired) electrons. The van der Waals surface area contributed by atoms with Crippen LogP contribution in [0.25, 0.3) is 12.7 Å². The van der Waals surface area contributed by atoms with Crippen molar-refractivity contribution in [3.8, 4) is 0 Å². The smallest absolute Gasteiger partial charge is 0.127 e. The van der Waals surface area contributed by atoms with Gasteiger partial charge in [0.25, 0.3) is 0 Å². The summed E-state index contributed by atoms with van der Waals surface area (Å²) in [6.45, 7) is 12.7. The number of fused-ring (bicyclic) bond motifs is 2.